The van der Waals surface area contributed by atoms with Gasteiger partial charge in [0.15, 0.2) is 0 Å². The third-order valence-electron chi connectivity index (χ3n) is 4.22. The Kier molecular flexibility index (Phi) is 3.80. The summed E-state index contributed by atoms with van der Waals surface area (Å²) >= 11 is 0. The summed E-state index contributed by atoms with van der Waals surface area (Å²) in [6.45, 7) is 5.52. The Labute approximate surface area is 114 Å². The number of phenolic OH excluding ortho intramolecular Hbond substituents is 1. The smallest absolute Gasteiger partial charge is 0.224 e. The molecule has 0 radical (unpaired) electrons. The lowest BCUT2D eigenvalue weighted by Crippen LogP contribution is -2.37. The van der Waals surface area contributed by atoms with E-state index < -0.39 is 5.41 Å². The molecule has 104 valence electrons. The fourth-order valence-electron chi connectivity index (χ4n) is 2.91. The Balaban J connectivity index is 2.21. The van der Waals surface area contributed by atoms with Crippen molar-refractivity contribution in [2.75, 3.05) is 13.1 Å². The van der Waals surface area contributed by atoms with Gasteiger partial charge in [-0.1, -0.05) is 25.1 Å². The third kappa shape index (κ3) is 2.59. The average Bonchev–Trinajstić information content (AvgIpc) is 2.77. The van der Waals surface area contributed by atoms with Crippen LogP contribution in [-0.2, 0) is 4.79 Å². The lowest BCUT2D eigenvalue weighted by Gasteiger charge is -2.29. The molecule has 1 amide bonds. The zero-order valence-electron chi connectivity index (χ0n) is 11.6. The van der Waals surface area contributed by atoms with Crippen LogP contribution in [0.25, 0.3) is 0 Å². The SMILES string of the molecule is CCC(c1ccccc1O)N1CCC(C)(C(N)=O)C1. The van der Waals surface area contributed by atoms with E-state index in [4.69, 9.17) is 5.73 Å². The zero-order chi connectivity index (χ0) is 14.0. The molecule has 1 saturated heterocycles. The number of aromatic hydroxyl groups is 1. The van der Waals surface area contributed by atoms with E-state index in [1.807, 2.05) is 25.1 Å². The van der Waals surface area contributed by atoms with Gasteiger partial charge in [-0.15, -0.1) is 0 Å². The Morgan fingerprint density at radius 3 is 2.74 bits per heavy atom. The first-order chi connectivity index (χ1) is 8.98. The molecule has 2 unspecified atom stereocenters. The number of para-hydroxylation sites is 1. The minimum Gasteiger partial charge on any atom is -0.508 e. The molecule has 1 aliphatic rings. The minimum absolute atomic E-state index is 0.141. The van der Waals surface area contributed by atoms with E-state index in [9.17, 15) is 9.90 Å². The quantitative estimate of drug-likeness (QED) is 0.872. The van der Waals surface area contributed by atoms with E-state index in [2.05, 4.69) is 11.8 Å². The number of benzene rings is 1. The van der Waals surface area contributed by atoms with Crippen LogP contribution in [-0.4, -0.2) is 29.0 Å². The molecule has 1 aliphatic heterocycles. The highest BCUT2D eigenvalue weighted by molar-refractivity contribution is 5.81. The van der Waals surface area contributed by atoms with Crippen molar-refractivity contribution >= 4 is 5.91 Å². The lowest BCUT2D eigenvalue weighted by molar-refractivity contribution is -0.126. The van der Waals surface area contributed by atoms with E-state index >= 15 is 0 Å². The predicted octanol–water partition coefficient (Wildman–Crippen LogP) is 2.04. The van der Waals surface area contributed by atoms with Crippen LogP contribution in [0.4, 0.5) is 0 Å². The second kappa shape index (κ2) is 5.21. The summed E-state index contributed by atoms with van der Waals surface area (Å²) in [6, 6.07) is 7.55. The number of hydrogen-bond donors (Lipinski definition) is 2. The summed E-state index contributed by atoms with van der Waals surface area (Å²) in [5.74, 6) is 0.0872. The van der Waals surface area contributed by atoms with Crippen LogP contribution in [0.2, 0.25) is 0 Å². The van der Waals surface area contributed by atoms with Gasteiger partial charge in [0.25, 0.3) is 0 Å². The normalized spacial score (nSPS) is 25.4. The van der Waals surface area contributed by atoms with Gasteiger partial charge in [-0.3, -0.25) is 9.69 Å². The van der Waals surface area contributed by atoms with Crippen molar-refractivity contribution in [2.24, 2.45) is 11.1 Å². The highest BCUT2D eigenvalue weighted by Gasteiger charge is 2.41. The van der Waals surface area contributed by atoms with Crippen molar-refractivity contribution in [1.82, 2.24) is 4.90 Å². The number of hydrogen-bond acceptors (Lipinski definition) is 3. The minimum atomic E-state index is -0.447. The molecule has 1 aromatic rings. The second-order valence-electron chi connectivity index (χ2n) is 5.63. The van der Waals surface area contributed by atoms with E-state index in [0.717, 1.165) is 24.9 Å². The molecule has 0 aromatic heterocycles. The van der Waals surface area contributed by atoms with Crippen molar-refractivity contribution in [1.29, 1.82) is 0 Å². The number of nitrogens with two attached hydrogens (primary N) is 1. The van der Waals surface area contributed by atoms with Gasteiger partial charge < -0.3 is 10.8 Å². The summed E-state index contributed by atoms with van der Waals surface area (Å²) in [7, 11) is 0. The molecular weight excluding hydrogens is 240 g/mol. The van der Waals surface area contributed by atoms with Crippen LogP contribution in [0.1, 0.15) is 38.3 Å². The van der Waals surface area contributed by atoms with Gasteiger partial charge >= 0.3 is 0 Å². The molecule has 0 spiro atoms. The van der Waals surface area contributed by atoms with Crippen LogP contribution >= 0.6 is 0 Å². The van der Waals surface area contributed by atoms with Crippen LogP contribution in [0.3, 0.4) is 0 Å². The van der Waals surface area contributed by atoms with Crippen LogP contribution < -0.4 is 5.73 Å². The van der Waals surface area contributed by atoms with Crippen molar-refractivity contribution < 1.29 is 9.90 Å². The maximum atomic E-state index is 11.5. The summed E-state index contributed by atoms with van der Waals surface area (Å²) < 4.78 is 0. The van der Waals surface area contributed by atoms with Crippen LogP contribution in [0.5, 0.6) is 5.75 Å². The highest BCUT2D eigenvalue weighted by Crippen LogP contribution is 2.38. The molecule has 19 heavy (non-hydrogen) atoms. The monoisotopic (exact) mass is 262 g/mol. The summed E-state index contributed by atoms with van der Waals surface area (Å²) in [5, 5.41) is 9.99. The zero-order valence-corrected chi connectivity index (χ0v) is 11.6. The Morgan fingerprint density at radius 1 is 1.53 bits per heavy atom. The van der Waals surface area contributed by atoms with E-state index in [1.165, 1.54) is 0 Å². The maximum absolute atomic E-state index is 11.5. The molecule has 3 N–H and O–H groups in total. The van der Waals surface area contributed by atoms with Gasteiger partial charge in [-0.25, -0.2) is 0 Å². The van der Waals surface area contributed by atoms with Gasteiger partial charge in [0.1, 0.15) is 5.75 Å². The fraction of sp³-hybridized carbons (Fsp3) is 0.533. The second-order valence-corrected chi connectivity index (χ2v) is 5.63. The first-order valence-electron chi connectivity index (χ1n) is 6.80. The molecule has 0 aliphatic carbocycles. The number of amides is 1. The molecule has 0 bridgehead atoms. The molecule has 4 heteroatoms. The summed E-state index contributed by atoms with van der Waals surface area (Å²) in [6.07, 6.45) is 1.68. The molecule has 0 saturated carbocycles. The summed E-state index contributed by atoms with van der Waals surface area (Å²) in [5.41, 5.74) is 5.97. The van der Waals surface area contributed by atoms with Gasteiger partial charge in [-0.05, 0) is 32.4 Å². The van der Waals surface area contributed by atoms with Gasteiger partial charge in [0, 0.05) is 18.2 Å². The standard InChI is InChI=1S/C15H22N2O2/c1-3-12(11-6-4-5-7-13(11)18)17-9-8-15(2,10-17)14(16)19/h4-7,12,18H,3,8-10H2,1-2H3,(H2,16,19). The fourth-order valence-corrected chi connectivity index (χ4v) is 2.91. The first-order valence-corrected chi connectivity index (χ1v) is 6.80. The third-order valence-corrected chi connectivity index (χ3v) is 4.22. The summed E-state index contributed by atoms with van der Waals surface area (Å²) in [4.78, 5) is 13.8. The highest BCUT2D eigenvalue weighted by atomic mass is 16.3. The van der Waals surface area contributed by atoms with Crippen LogP contribution in [0.15, 0.2) is 24.3 Å². The maximum Gasteiger partial charge on any atom is 0.224 e. The average molecular weight is 262 g/mol. The van der Waals surface area contributed by atoms with E-state index in [1.54, 1.807) is 6.07 Å². The molecule has 2 rings (SSSR count). The number of rotatable bonds is 4. The number of primary amides is 1. The number of phenols is 1. The van der Waals surface area contributed by atoms with E-state index in [-0.39, 0.29) is 11.9 Å². The van der Waals surface area contributed by atoms with Crippen molar-refractivity contribution in [3.05, 3.63) is 29.8 Å². The Hall–Kier alpha value is -1.55. The van der Waals surface area contributed by atoms with E-state index in [0.29, 0.717) is 12.3 Å². The molecule has 1 heterocycles. The molecule has 2 atom stereocenters. The molecule has 4 nitrogen and oxygen atoms in total. The number of carbonyl (C=O) groups excluding carboxylic acids is 1. The molecule has 1 fully saturated rings. The number of nitrogens with zero attached hydrogens (tertiary/aromatic N) is 1. The van der Waals surface area contributed by atoms with Crippen LogP contribution in [0, 0.1) is 5.41 Å². The van der Waals surface area contributed by atoms with Gasteiger partial charge in [0.05, 0.1) is 5.41 Å². The first kappa shape index (κ1) is 13.9. The number of carbonyl (C=O) groups is 1. The largest absolute Gasteiger partial charge is 0.508 e. The topological polar surface area (TPSA) is 66.6 Å². The lowest BCUT2D eigenvalue weighted by atomic mass is 9.89. The van der Waals surface area contributed by atoms with Crippen molar-refractivity contribution in [2.45, 2.75) is 32.7 Å². The number of likely N-dealkylation sites (tertiary alicyclic amines) is 1. The molecular formula is C15H22N2O2. The van der Waals surface area contributed by atoms with Crippen molar-refractivity contribution in [3.63, 3.8) is 0 Å². The van der Waals surface area contributed by atoms with Gasteiger partial charge in [0.2, 0.25) is 5.91 Å². The Bertz CT molecular complexity index is 475. The van der Waals surface area contributed by atoms with Crippen molar-refractivity contribution in [3.8, 4) is 5.75 Å². The molecule has 1 aromatic carbocycles. The predicted molar refractivity (Wildman–Crippen MR) is 74.6 cm³/mol. The Morgan fingerprint density at radius 2 is 2.21 bits per heavy atom. The van der Waals surface area contributed by atoms with Gasteiger partial charge in [-0.2, -0.15) is 0 Å².